The van der Waals surface area contributed by atoms with Crippen LogP contribution >= 0.6 is 0 Å². The third kappa shape index (κ3) is 3.29. The van der Waals surface area contributed by atoms with Gasteiger partial charge in [-0.05, 0) is 26.7 Å². The molecule has 0 aliphatic heterocycles. The monoisotopic (exact) mass is 334 g/mol. The number of hydrogen-bond acceptors (Lipinski definition) is 6. The third-order valence-electron chi connectivity index (χ3n) is 4.22. The fourth-order valence-electron chi connectivity index (χ4n) is 2.14. The third-order valence-corrected chi connectivity index (χ3v) is 4.22. The number of nitrogens with zero attached hydrogens (tertiary/aromatic N) is 4. The fraction of sp³-hybridized carbons (Fsp3) is 0.533. The van der Waals surface area contributed by atoms with E-state index >= 15 is 0 Å². The Morgan fingerprint density at radius 1 is 1.42 bits per heavy atom. The summed E-state index contributed by atoms with van der Waals surface area (Å²) in [7, 11) is 0. The SMILES string of the molecule is Cc1cc(Cn2nnc(C(=O)N[C@](C)(C(N)=O)C(C)C)c2C)on1. The van der Waals surface area contributed by atoms with Gasteiger partial charge in [0, 0.05) is 6.07 Å². The van der Waals surface area contributed by atoms with Gasteiger partial charge in [-0.3, -0.25) is 9.59 Å². The van der Waals surface area contributed by atoms with Crippen LogP contribution in [-0.2, 0) is 11.3 Å². The van der Waals surface area contributed by atoms with E-state index < -0.39 is 17.4 Å². The van der Waals surface area contributed by atoms with Crippen LogP contribution in [0.4, 0.5) is 0 Å². The largest absolute Gasteiger partial charge is 0.368 e. The molecule has 1 atom stereocenters. The summed E-state index contributed by atoms with van der Waals surface area (Å²) >= 11 is 0. The van der Waals surface area contributed by atoms with Crippen molar-refractivity contribution in [1.82, 2.24) is 25.5 Å². The van der Waals surface area contributed by atoms with E-state index in [4.69, 9.17) is 10.3 Å². The van der Waals surface area contributed by atoms with Crippen molar-refractivity contribution in [2.24, 2.45) is 11.7 Å². The number of amides is 2. The maximum Gasteiger partial charge on any atom is 0.274 e. The van der Waals surface area contributed by atoms with Gasteiger partial charge in [0.15, 0.2) is 11.5 Å². The summed E-state index contributed by atoms with van der Waals surface area (Å²) in [6.07, 6.45) is 0. The van der Waals surface area contributed by atoms with Gasteiger partial charge in [0.1, 0.15) is 12.1 Å². The van der Waals surface area contributed by atoms with Gasteiger partial charge in [0.25, 0.3) is 5.91 Å². The minimum Gasteiger partial charge on any atom is -0.368 e. The number of aromatic nitrogens is 4. The van der Waals surface area contributed by atoms with E-state index in [-0.39, 0.29) is 11.6 Å². The molecule has 3 N–H and O–H groups in total. The Kier molecular flexibility index (Phi) is 4.72. The number of primary amides is 1. The van der Waals surface area contributed by atoms with E-state index in [1.807, 2.05) is 6.92 Å². The maximum atomic E-state index is 12.5. The highest BCUT2D eigenvalue weighted by Crippen LogP contribution is 2.17. The van der Waals surface area contributed by atoms with E-state index in [0.29, 0.717) is 18.0 Å². The molecule has 2 amide bonds. The summed E-state index contributed by atoms with van der Waals surface area (Å²) in [5, 5.41) is 14.3. The topological polar surface area (TPSA) is 129 Å². The molecule has 0 bridgehead atoms. The molecule has 2 heterocycles. The smallest absolute Gasteiger partial charge is 0.274 e. The molecule has 0 aliphatic carbocycles. The highest BCUT2D eigenvalue weighted by atomic mass is 16.5. The molecule has 2 aromatic rings. The van der Waals surface area contributed by atoms with Crippen molar-refractivity contribution < 1.29 is 14.1 Å². The highest BCUT2D eigenvalue weighted by Gasteiger charge is 2.37. The first-order chi connectivity index (χ1) is 11.1. The van der Waals surface area contributed by atoms with Crippen LogP contribution in [0.15, 0.2) is 10.6 Å². The molecule has 0 saturated carbocycles. The Labute approximate surface area is 139 Å². The summed E-state index contributed by atoms with van der Waals surface area (Å²) in [5.74, 6) is -0.668. The molecular formula is C15H22N6O3. The molecule has 9 nitrogen and oxygen atoms in total. The minimum absolute atomic E-state index is 0.138. The minimum atomic E-state index is -1.17. The predicted molar refractivity (Wildman–Crippen MR) is 85.0 cm³/mol. The quantitative estimate of drug-likeness (QED) is 0.794. The van der Waals surface area contributed by atoms with Crippen LogP contribution in [0.25, 0.3) is 0 Å². The number of nitrogens with one attached hydrogen (secondary N) is 1. The highest BCUT2D eigenvalue weighted by molar-refractivity contribution is 5.98. The van der Waals surface area contributed by atoms with E-state index in [2.05, 4.69) is 20.8 Å². The van der Waals surface area contributed by atoms with Crippen molar-refractivity contribution in [3.8, 4) is 0 Å². The van der Waals surface area contributed by atoms with Gasteiger partial charge >= 0.3 is 0 Å². The Balaban J connectivity index is 2.20. The molecule has 0 unspecified atom stereocenters. The molecule has 0 saturated heterocycles. The van der Waals surface area contributed by atoms with Crippen LogP contribution in [0.2, 0.25) is 0 Å². The molecule has 2 aromatic heterocycles. The molecule has 0 aromatic carbocycles. The maximum absolute atomic E-state index is 12.5. The number of nitrogens with two attached hydrogens (primary N) is 1. The molecule has 0 fully saturated rings. The van der Waals surface area contributed by atoms with Crippen LogP contribution in [0.5, 0.6) is 0 Å². The predicted octanol–water partition coefficient (Wildman–Crippen LogP) is 0.561. The lowest BCUT2D eigenvalue weighted by atomic mass is 9.87. The summed E-state index contributed by atoms with van der Waals surface area (Å²) < 4.78 is 6.67. The molecule has 0 radical (unpaired) electrons. The lowest BCUT2D eigenvalue weighted by Gasteiger charge is -2.31. The molecule has 130 valence electrons. The van der Waals surface area contributed by atoms with Gasteiger partial charge in [-0.15, -0.1) is 5.10 Å². The molecule has 0 spiro atoms. The van der Waals surface area contributed by atoms with Crippen molar-refractivity contribution in [3.63, 3.8) is 0 Å². The van der Waals surface area contributed by atoms with Crippen LogP contribution in [0.1, 0.15) is 48.4 Å². The van der Waals surface area contributed by atoms with Crippen LogP contribution in [0.3, 0.4) is 0 Å². The van der Waals surface area contributed by atoms with Crippen molar-refractivity contribution >= 4 is 11.8 Å². The Morgan fingerprint density at radius 3 is 2.58 bits per heavy atom. The number of hydrogen-bond donors (Lipinski definition) is 2. The van der Waals surface area contributed by atoms with Gasteiger partial charge in [-0.1, -0.05) is 24.2 Å². The summed E-state index contributed by atoms with van der Waals surface area (Å²) in [4.78, 5) is 24.2. The van der Waals surface area contributed by atoms with Crippen molar-refractivity contribution in [2.45, 2.75) is 46.7 Å². The summed E-state index contributed by atoms with van der Waals surface area (Å²) in [5.41, 5.74) is 5.71. The lowest BCUT2D eigenvalue weighted by molar-refractivity contribution is -0.125. The van der Waals surface area contributed by atoms with E-state index in [9.17, 15) is 9.59 Å². The van der Waals surface area contributed by atoms with E-state index in [1.165, 1.54) is 4.68 Å². The van der Waals surface area contributed by atoms with Gasteiger partial charge < -0.3 is 15.6 Å². The van der Waals surface area contributed by atoms with Gasteiger partial charge in [0.2, 0.25) is 5.91 Å². The molecular weight excluding hydrogens is 312 g/mol. The van der Waals surface area contributed by atoms with Crippen molar-refractivity contribution in [3.05, 3.63) is 28.9 Å². The van der Waals surface area contributed by atoms with E-state index in [1.54, 1.807) is 33.8 Å². The average Bonchev–Trinajstić information content (AvgIpc) is 3.05. The van der Waals surface area contributed by atoms with Gasteiger partial charge in [0.05, 0.1) is 11.4 Å². The van der Waals surface area contributed by atoms with Crippen LogP contribution < -0.4 is 11.1 Å². The number of aryl methyl sites for hydroxylation is 1. The average molecular weight is 334 g/mol. The molecule has 9 heteroatoms. The summed E-state index contributed by atoms with van der Waals surface area (Å²) in [6.45, 7) is 9.05. The zero-order valence-electron chi connectivity index (χ0n) is 14.5. The second kappa shape index (κ2) is 6.42. The first-order valence-corrected chi connectivity index (χ1v) is 7.59. The van der Waals surface area contributed by atoms with Gasteiger partial charge in [-0.25, -0.2) is 4.68 Å². The Hall–Kier alpha value is -2.71. The van der Waals surface area contributed by atoms with Crippen LogP contribution in [0, 0.1) is 19.8 Å². The second-order valence-electron chi connectivity index (χ2n) is 6.29. The fourth-order valence-corrected chi connectivity index (χ4v) is 2.14. The molecule has 24 heavy (non-hydrogen) atoms. The summed E-state index contributed by atoms with van der Waals surface area (Å²) in [6, 6.07) is 1.78. The normalized spacial score (nSPS) is 13.8. The number of carbonyl (C=O) groups is 2. The standard InChI is InChI=1S/C15H22N6O3/c1-8(2)15(5,14(16)23)17-13(22)12-10(4)21(20-18-12)7-11-6-9(3)19-24-11/h6,8H,7H2,1-5H3,(H2,16,23)(H,17,22)/t15-/m0/s1. The zero-order chi connectivity index (χ0) is 18.1. The zero-order valence-corrected chi connectivity index (χ0v) is 14.5. The molecule has 0 aliphatic rings. The number of carbonyl (C=O) groups excluding carboxylic acids is 2. The number of rotatable bonds is 6. The Bertz CT molecular complexity index is 763. The molecule has 2 rings (SSSR count). The second-order valence-corrected chi connectivity index (χ2v) is 6.29. The van der Waals surface area contributed by atoms with E-state index in [0.717, 1.165) is 5.69 Å². The van der Waals surface area contributed by atoms with Crippen LogP contribution in [-0.4, -0.2) is 37.5 Å². The first kappa shape index (κ1) is 17.6. The van der Waals surface area contributed by atoms with Gasteiger partial charge in [-0.2, -0.15) is 0 Å². The lowest BCUT2D eigenvalue weighted by Crippen LogP contribution is -2.58. The Morgan fingerprint density at radius 2 is 2.08 bits per heavy atom. The van der Waals surface area contributed by atoms with Crippen molar-refractivity contribution in [1.29, 1.82) is 0 Å². The first-order valence-electron chi connectivity index (χ1n) is 7.59. The van der Waals surface area contributed by atoms with Crippen molar-refractivity contribution in [2.75, 3.05) is 0 Å².